The van der Waals surface area contributed by atoms with Crippen LogP contribution in [0.4, 0.5) is 53.0 Å². The third kappa shape index (κ3) is 23.8. The number of urea groups is 1. The Morgan fingerprint density at radius 2 is 1.55 bits per heavy atom. The molecule has 4 aromatic heterocycles. The first-order valence-electron chi connectivity index (χ1n) is 24.7. The second-order valence-corrected chi connectivity index (χ2v) is 23.1. The molecule has 486 valence electrons. The van der Waals surface area contributed by atoms with Gasteiger partial charge in [-0.1, -0.05) is 58.5 Å². The lowest BCUT2D eigenvalue weighted by Crippen LogP contribution is -2.47. The Bertz CT molecular complexity index is 3570. The molecular weight excluding hydrogens is 1340 g/mol. The molecule has 1 aliphatic rings. The number of para-hydroxylation sites is 2. The number of carboxylic acid groups (broad SMARTS) is 1. The summed E-state index contributed by atoms with van der Waals surface area (Å²) in [5.74, 6) is -0.843. The number of hydrogen-bond donors (Lipinski definition) is 9. The van der Waals surface area contributed by atoms with Gasteiger partial charge in [0.05, 0.1) is 70.9 Å². The van der Waals surface area contributed by atoms with Crippen LogP contribution in [0.5, 0.6) is 17.5 Å². The smallest absolute Gasteiger partial charge is 0.416 e. The molecule has 0 fully saturated rings. The monoisotopic (exact) mass is 1390 g/mol. The highest BCUT2D eigenvalue weighted by atomic mass is 35.5. The van der Waals surface area contributed by atoms with Crippen LogP contribution >= 0.6 is 65.6 Å². The van der Waals surface area contributed by atoms with Gasteiger partial charge in [-0.2, -0.15) is 51.6 Å². The summed E-state index contributed by atoms with van der Waals surface area (Å²) < 4.78 is 90.9. The van der Waals surface area contributed by atoms with Crippen LogP contribution in [0.15, 0.2) is 72.0 Å². The normalized spacial score (nSPS) is 12.5. The number of benzene rings is 2. The van der Waals surface area contributed by atoms with E-state index >= 15 is 0 Å². The van der Waals surface area contributed by atoms with E-state index in [4.69, 9.17) is 92.8 Å². The SMILES string of the molecule is CC1COc2ccccc2N1C(=O)C(Cl)Cl.CCNc1nc(Cl)nc(NC(C)C)n1.COc1cc(OC)nc(NC(=O)NS(=O)(=O)c2ncccc2C(=O)N(C)C)n1.Nc1c([N+](=O)[O-])cnn1-c1c(Cl)cc(C(F)(F)F)cc1Cl.O=C(O)CNCP(=O)(O)O. The van der Waals surface area contributed by atoms with E-state index in [1.165, 1.54) is 57.6 Å². The lowest BCUT2D eigenvalue weighted by molar-refractivity contribution is -0.383. The fourth-order valence-corrected chi connectivity index (χ4v) is 8.99. The van der Waals surface area contributed by atoms with Crippen LogP contribution in [-0.2, 0) is 30.4 Å². The maximum absolute atomic E-state index is 12.6. The molecule has 32 nitrogen and oxygen atoms in total. The molecule has 1 aliphatic heterocycles. The van der Waals surface area contributed by atoms with Crippen molar-refractivity contribution in [3.63, 3.8) is 0 Å². The van der Waals surface area contributed by atoms with Crippen molar-refractivity contribution in [2.45, 2.75) is 55.8 Å². The zero-order valence-electron chi connectivity index (χ0n) is 47.5. The number of nitrogens with two attached hydrogens (primary N) is 1. The van der Waals surface area contributed by atoms with Gasteiger partial charge in [-0.15, -0.1) is 0 Å². The largest absolute Gasteiger partial charge is 0.489 e. The molecule has 6 aromatic rings. The first-order valence-corrected chi connectivity index (χ1v) is 30.0. The number of nitrogens with zero attached hydrogens (tertiary/aromatic N) is 11. The molecule has 7 rings (SSSR count). The number of carbonyl (C=O) groups excluding carboxylic acids is 3. The first-order chi connectivity index (χ1) is 41.4. The van der Waals surface area contributed by atoms with E-state index in [9.17, 15) is 55.4 Å². The number of nitrogens with one attached hydrogen (secondary N) is 5. The lowest BCUT2D eigenvalue weighted by Gasteiger charge is -2.35. The summed E-state index contributed by atoms with van der Waals surface area (Å²) in [7, 11) is -2.94. The van der Waals surface area contributed by atoms with E-state index in [0.29, 0.717) is 36.4 Å². The molecule has 0 aliphatic carbocycles. The number of hydrogen-bond acceptors (Lipinski definition) is 23. The second-order valence-electron chi connectivity index (χ2n) is 17.6. The quantitative estimate of drug-likeness (QED) is 0.0193. The minimum Gasteiger partial charge on any atom is -0.489 e. The Labute approximate surface area is 529 Å². The predicted molar refractivity (Wildman–Crippen MR) is 321 cm³/mol. The molecule has 0 saturated carbocycles. The van der Waals surface area contributed by atoms with Gasteiger partial charge in [0.2, 0.25) is 40.7 Å². The van der Waals surface area contributed by atoms with E-state index in [1.54, 1.807) is 9.62 Å². The average Bonchev–Trinajstić information content (AvgIpc) is 3.18. The molecule has 89 heavy (non-hydrogen) atoms. The van der Waals surface area contributed by atoms with E-state index in [1.807, 2.05) is 52.0 Å². The van der Waals surface area contributed by atoms with E-state index in [2.05, 4.69) is 56.3 Å². The number of halogens is 8. The number of methoxy groups -OCH3 is 2. The van der Waals surface area contributed by atoms with E-state index in [0.717, 1.165) is 23.1 Å². The number of ether oxygens (including phenoxy) is 3. The lowest BCUT2D eigenvalue weighted by atomic mass is 10.1. The molecule has 42 heteroatoms. The van der Waals surface area contributed by atoms with Crippen molar-refractivity contribution >= 4 is 134 Å². The standard InChI is InChI=1S/C15H18N6O6S.C11H11Cl2NO2.C10H5Cl2F3N4O2.C8H14ClN5.C3H8NO5P/c1-21(2)13(22)9-6-5-7-16-12(9)28(24,25)20-15(23)19-14-17-10(26-3)8-11(18-14)27-4;1-7-6-16-9-5-3-2-4-8(9)14(7)11(15)10(12)13;11-5-1-4(10(13,14)15)2-6(12)8(5)18-9(16)7(3-17-18)19(20)21;1-4-10-7-12-6(9)13-8(14-7)11-5(2)3;5-3(6)1-4-2-10(7,8)9/h5-8H,1-4H3,(H2,17,18,19,20,23);2-5,7,10H,6H2,1H3;1-3H,16H2;5H,4H2,1-3H3,(H2,10,11,12,13,14);4H,1-2H2,(H,5,6)(H2,7,8,9). The van der Waals surface area contributed by atoms with Crippen LogP contribution in [-0.4, -0.2) is 168 Å². The van der Waals surface area contributed by atoms with Gasteiger partial charge in [-0.05, 0) is 75.7 Å². The second kappa shape index (κ2) is 34.2. The highest BCUT2D eigenvalue weighted by Crippen LogP contribution is 2.39. The van der Waals surface area contributed by atoms with Gasteiger partial charge in [0.1, 0.15) is 24.2 Å². The van der Waals surface area contributed by atoms with Crippen LogP contribution in [0, 0.1) is 10.1 Å². The fraction of sp³-hybridized carbons (Fsp3) is 0.340. The number of sulfonamides is 1. The zero-order valence-corrected chi connectivity index (χ0v) is 53.0. The molecule has 1 unspecified atom stereocenters. The summed E-state index contributed by atoms with van der Waals surface area (Å²) in [5.41, 5.74) is 4.31. The van der Waals surface area contributed by atoms with Crippen LogP contribution in [0.3, 0.4) is 0 Å². The molecule has 0 bridgehead atoms. The highest BCUT2D eigenvalue weighted by Gasteiger charge is 2.34. The Balaban J connectivity index is 0.000000303. The van der Waals surface area contributed by atoms with Gasteiger partial charge in [0.25, 0.3) is 21.8 Å². The number of carbonyl (C=O) groups is 4. The molecule has 10 N–H and O–H groups in total. The predicted octanol–water partition coefficient (Wildman–Crippen LogP) is 6.97. The summed E-state index contributed by atoms with van der Waals surface area (Å²) in [6.07, 6.45) is -3.19. The van der Waals surface area contributed by atoms with Crippen molar-refractivity contribution in [2.75, 3.05) is 80.9 Å². The van der Waals surface area contributed by atoms with Gasteiger partial charge in [-0.25, -0.2) is 19.2 Å². The first kappa shape index (κ1) is 75.3. The van der Waals surface area contributed by atoms with Crippen LogP contribution in [0.1, 0.15) is 43.6 Å². The summed E-state index contributed by atoms with van der Waals surface area (Å²) in [4.78, 5) is 97.4. The molecule has 4 amide bonds. The maximum atomic E-state index is 12.6. The molecule has 0 radical (unpaired) electrons. The number of aliphatic carboxylic acids is 1. The summed E-state index contributed by atoms with van der Waals surface area (Å²) >= 11 is 28.5. The molecule has 0 spiro atoms. The van der Waals surface area contributed by atoms with Gasteiger partial charge in [-0.3, -0.25) is 39.7 Å². The number of fused-ring (bicyclic) bond motifs is 1. The molecular formula is C47H56Cl5F3N17O15PS. The minimum atomic E-state index is -4.63. The van der Waals surface area contributed by atoms with Crippen molar-refractivity contribution < 1.29 is 79.4 Å². The van der Waals surface area contributed by atoms with Crippen molar-refractivity contribution in [1.29, 1.82) is 0 Å². The third-order valence-electron chi connectivity index (χ3n) is 10.2. The topological polar surface area (TPSA) is 439 Å². The Morgan fingerprint density at radius 3 is 2.06 bits per heavy atom. The van der Waals surface area contributed by atoms with Crippen LogP contribution < -0.4 is 50.8 Å². The average molecular weight is 1400 g/mol. The number of pyridine rings is 1. The van der Waals surface area contributed by atoms with E-state index in [-0.39, 0.29) is 62.3 Å². The van der Waals surface area contributed by atoms with Crippen molar-refractivity contribution in [2.24, 2.45) is 0 Å². The number of alkyl halides is 5. The molecule has 2 aromatic carbocycles. The van der Waals surface area contributed by atoms with Gasteiger partial charge in [0.15, 0.2) is 9.86 Å². The molecule has 5 heterocycles. The highest BCUT2D eigenvalue weighted by molar-refractivity contribution is 7.90. The fourth-order valence-electron chi connectivity index (χ4n) is 6.53. The van der Waals surface area contributed by atoms with Crippen molar-refractivity contribution in [3.8, 4) is 23.2 Å². The number of nitro groups is 1. The number of rotatable bonds is 17. The minimum absolute atomic E-state index is 0.0672. The summed E-state index contributed by atoms with van der Waals surface area (Å²) in [6.45, 7) is 8.63. The van der Waals surface area contributed by atoms with Crippen LogP contribution in [0.25, 0.3) is 5.69 Å². The van der Waals surface area contributed by atoms with Gasteiger partial charge >= 0.3 is 31.5 Å². The Hall–Kier alpha value is -7.93. The van der Waals surface area contributed by atoms with Crippen LogP contribution in [0.2, 0.25) is 15.3 Å². The summed E-state index contributed by atoms with van der Waals surface area (Å²) in [6, 6.07) is 11.7. The number of nitrogen functional groups attached to an aromatic ring is 1. The van der Waals surface area contributed by atoms with E-state index < -0.39 is 86.4 Å². The summed E-state index contributed by atoms with van der Waals surface area (Å²) in [5, 5.41) is 31.4. The third-order valence-corrected chi connectivity index (χ3v) is 13.2. The number of amides is 4. The Morgan fingerprint density at radius 1 is 0.955 bits per heavy atom. The Kier molecular flexibility index (Phi) is 28.9. The number of aromatic nitrogens is 8. The molecule has 0 saturated heterocycles. The number of carboxylic acids is 1. The van der Waals surface area contributed by atoms with Gasteiger partial charge in [0, 0.05) is 32.9 Å². The molecule has 1 atom stereocenters. The zero-order chi connectivity index (χ0) is 67.3. The van der Waals surface area contributed by atoms with Gasteiger partial charge < -0.3 is 55.3 Å². The van der Waals surface area contributed by atoms with Crippen molar-refractivity contribution in [1.82, 2.24) is 54.6 Å². The van der Waals surface area contributed by atoms with Crippen molar-refractivity contribution in [3.05, 3.63) is 104 Å². The maximum Gasteiger partial charge on any atom is 0.416 e. The number of anilines is 5.